The van der Waals surface area contributed by atoms with E-state index in [1.54, 1.807) is 0 Å². The van der Waals surface area contributed by atoms with Crippen LogP contribution in [-0.2, 0) is 6.54 Å². The Balaban J connectivity index is 1.84. The summed E-state index contributed by atoms with van der Waals surface area (Å²) in [4.78, 5) is 6.88. The molecule has 0 aliphatic carbocycles. The van der Waals surface area contributed by atoms with E-state index in [1.165, 1.54) is 37.1 Å². The zero-order valence-electron chi connectivity index (χ0n) is 13.4. The van der Waals surface area contributed by atoms with Gasteiger partial charge in [0.2, 0.25) is 0 Å². The average Bonchev–Trinajstić information content (AvgIpc) is 2.36. The summed E-state index contributed by atoms with van der Waals surface area (Å²) in [5, 5.41) is 3.65. The van der Waals surface area contributed by atoms with Crippen LogP contribution >= 0.6 is 0 Å². The molecule has 1 saturated heterocycles. The zero-order chi connectivity index (χ0) is 14.6. The first-order valence-corrected chi connectivity index (χ1v) is 7.80. The second kappa shape index (κ2) is 6.68. The fourth-order valence-corrected chi connectivity index (χ4v) is 2.87. The normalized spacial score (nSPS) is 21.1. The maximum Gasteiger partial charge on any atom is 0.0313 e. The van der Waals surface area contributed by atoms with Crippen LogP contribution in [0.3, 0.4) is 0 Å². The summed E-state index contributed by atoms with van der Waals surface area (Å²) in [7, 11) is 0. The summed E-state index contributed by atoms with van der Waals surface area (Å²) in [5.74, 6) is 0.778. The van der Waals surface area contributed by atoms with Gasteiger partial charge in [-0.2, -0.15) is 0 Å². The Morgan fingerprint density at radius 3 is 2.85 bits per heavy atom. The Labute approximate surface area is 123 Å². The van der Waals surface area contributed by atoms with Crippen LogP contribution in [0.5, 0.6) is 0 Å². The van der Waals surface area contributed by atoms with Gasteiger partial charge in [-0.15, -0.1) is 0 Å². The van der Waals surface area contributed by atoms with Gasteiger partial charge in [0.1, 0.15) is 0 Å². The van der Waals surface area contributed by atoms with E-state index in [9.17, 15) is 0 Å². The van der Waals surface area contributed by atoms with Crippen LogP contribution in [-0.4, -0.2) is 35.1 Å². The predicted octanol–water partition coefficient (Wildman–Crippen LogP) is 2.99. The minimum Gasteiger partial charge on any atom is -0.312 e. The molecule has 1 aliphatic heterocycles. The Morgan fingerprint density at radius 1 is 1.35 bits per heavy atom. The van der Waals surface area contributed by atoms with Crippen molar-refractivity contribution < 1.29 is 0 Å². The summed E-state index contributed by atoms with van der Waals surface area (Å²) < 4.78 is 0. The van der Waals surface area contributed by atoms with Crippen molar-refractivity contribution in [1.29, 1.82) is 0 Å². The lowest BCUT2D eigenvalue weighted by Crippen LogP contribution is -2.44. The molecule has 0 bridgehead atoms. The highest BCUT2D eigenvalue weighted by Gasteiger charge is 2.21. The molecule has 0 radical (unpaired) electrons. The molecule has 3 heteroatoms. The molecule has 1 atom stereocenters. The number of nitrogens with one attached hydrogen (secondary N) is 1. The molecule has 2 rings (SSSR count). The SMILES string of the molecule is Cc1cncc(CN2CCCC(CNC(C)(C)C)C2)c1. The summed E-state index contributed by atoms with van der Waals surface area (Å²) in [6, 6.07) is 2.25. The fraction of sp³-hybridized carbons (Fsp3) is 0.706. The summed E-state index contributed by atoms with van der Waals surface area (Å²) in [5.41, 5.74) is 2.82. The molecule has 1 aliphatic rings. The standard InChI is InChI=1S/C17H29N3/c1-14-8-16(10-18-9-14)13-20-7-5-6-15(12-20)11-19-17(2,3)4/h8-10,15,19H,5-7,11-13H2,1-4H3. The van der Waals surface area contributed by atoms with Gasteiger partial charge in [-0.3, -0.25) is 9.88 Å². The third kappa shape index (κ3) is 5.22. The number of likely N-dealkylation sites (tertiary alicyclic amines) is 1. The number of rotatable bonds is 4. The number of piperidine rings is 1. The van der Waals surface area contributed by atoms with E-state index >= 15 is 0 Å². The first kappa shape index (κ1) is 15.5. The van der Waals surface area contributed by atoms with Crippen molar-refractivity contribution in [2.24, 2.45) is 5.92 Å². The molecule has 0 spiro atoms. The molecule has 3 nitrogen and oxygen atoms in total. The molecule has 1 N–H and O–H groups in total. The highest BCUT2D eigenvalue weighted by molar-refractivity contribution is 5.16. The van der Waals surface area contributed by atoms with Crippen molar-refractivity contribution in [3.8, 4) is 0 Å². The number of aromatic nitrogens is 1. The summed E-state index contributed by atoms with van der Waals surface area (Å²) in [6.07, 6.45) is 6.60. The lowest BCUT2D eigenvalue weighted by molar-refractivity contribution is 0.159. The lowest BCUT2D eigenvalue weighted by Gasteiger charge is -2.34. The van der Waals surface area contributed by atoms with E-state index in [0.29, 0.717) is 0 Å². The zero-order valence-corrected chi connectivity index (χ0v) is 13.4. The molecule has 112 valence electrons. The van der Waals surface area contributed by atoms with Crippen molar-refractivity contribution >= 4 is 0 Å². The number of aryl methyl sites for hydroxylation is 1. The van der Waals surface area contributed by atoms with Gasteiger partial charge < -0.3 is 5.32 Å². The highest BCUT2D eigenvalue weighted by atomic mass is 15.1. The van der Waals surface area contributed by atoms with Crippen LogP contribution in [0.1, 0.15) is 44.7 Å². The lowest BCUT2D eigenvalue weighted by atomic mass is 9.96. The maximum absolute atomic E-state index is 4.30. The Bertz CT molecular complexity index is 422. The first-order chi connectivity index (χ1) is 9.42. The van der Waals surface area contributed by atoms with E-state index in [2.05, 4.69) is 49.0 Å². The highest BCUT2D eigenvalue weighted by Crippen LogP contribution is 2.19. The van der Waals surface area contributed by atoms with Crippen LogP contribution < -0.4 is 5.32 Å². The smallest absolute Gasteiger partial charge is 0.0313 e. The minimum absolute atomic E-state index is 0.225. The van der Waals surface area contributed by atoms with E-state index in [1.807, 2.05) is 12.4 Å². The molecule has 2 heterocycles. The fourth-order valence-electron chi connectivity index (χ4n) is 2.87. The van der Waals surface area contributed by atoms with Crippen molar-refractivity contribution in [3.63, 3.8) is 0 Å². The van der Waals surface area contributed by atoms with Gasteiger partial charge in [0, 0.05) is 31.0 Å². The van der Waals surface area contributed by atoms with Gasteiger partial charge in [0.25, 0.3) is 0 Å². The molecule has 0 aromatic carbocycles. The quantitative estimate of drug-likeness (QED) is 0.915. The van der Waals surface area contributed by atoms with Gasteiger partial charge in [-0.25, -0.2) is 0 Å². The van der Waals surface area contributed by atoms with Crippen LogP contribution in [0.15, 0.2) is 18.5 Å². The number of nitrogens with zero attached hydrogens (tertiary/aromatic N) is 2. The molecule has 0 saturated carbocycles. The van der Waals surface area contributed by atoms with E-state index in [4.69, 9.17) is 0 Å². The average molecular weight is 275 g/mol. The van der Waals surface area contributed by atoms with Gasteiger partial charge in [-0.1, -0.05) is 6.07 Å². The van der Waals surface area contributed by atoms with Crippen LogP contribution in [0.4, 0.5) is 0 Å². The molecular weight excluding hydrogens is 246 g/mol. The van der Waals surface area contributed by atoms with Crippen LogP contribution in [0.25, 0.3) is 0 Å². The van der Waals surface area contributed by atoms with Gasteiger partial charge in [-0.05, 0) is 70.7 Å². The number of hydrogen-bond donors (Lipinski definition) is 1. The summed E-state index contributed by atoms with van der Waals surface area (Å²) in [6.45, 7) is 13.4. The molecule has 1 fully saturated rings. The first-order valence-electron chi connectivity index (χ1n) is 7.80. The molecule has 20 heavy (non-hydrogen) atoms. The second-order valence-corrected chi connectivity index (χ2v) is 7.24. The van der Waals surface area contributed by atoms with E-state index < -0.39 is 0 Å². The van der Waals surface area contributed by atoms with Crippen molar-refractivity contribution in [2.75, 3.05) is 19.6 Å². The summed E-state index contributed by atoms with van der Waals surface area (Å²) >= 11 is 0. The molecule has 1 aromatic heterocycles. The van der Waals surface area contributed by atoms with Crippen molar-refractivity contribution in [1.82, 2.24) is 15.2 Å². The molecule has 1 aromatic rings. The monoisotopic (exact) mass is 275 g/mol. The van der Waals surface area contributed by atoms with Gasteiger partial charge >= 0.3 is 0 Å². The molecular formula is C17H29N3. The minimum atomic E-state index is 0.225. The van der Waals surface area contributed by atoms with Crippen molar-refractivity contribution in [2.45, 2.75) is 52.6 Å². The van der Waals surface area contributed by atoms with Gasteiger partial charge in [0.15, 0.2) is 0 Å². The third-order valence-corrected chi connectivity index (χ3v) is 3.86. The Morgan fingerprint density at radius 2 is 2.15 bits per heavy atom. The molecule has 0 amide bonds. The Hall–Kier alpha value is -0.930. The van der Waals surface area contributed by atoms with Crippen molar-refractivity contribution in [3.05, 3.63) is 29.6 Å². The third-order valence-electron chi connectivity index (χ3n) is 3.86. The second-order valence-electron chi connectivity index (χ2n) is 7.24. The largest absolute Gasteiger partial charge is 0.312 e. The van der Waals surface area contributed by atoms with Gasteiger partial charge in [0.05, 0.1) is 0 Å². The van der Waals surface area contributed by atoms with Crippen LogP contribution in [0, 0.1) is 12.8 Å². The number of pyridine rings is 1. The number of hydrogen-bond acceptors (Lipinski definition) is 3. The van der Waals surface area contributed by atoms with E-state index in [-0.39, 0.29) is 5.54 Å². The maximum atomic E-state index is 4.30. The topological polar surface area (TPSA) is 28.2 Å². The van der Waals surface area contributed by atoms with E-state index in [0.717, 1.165) is 19.0 Å². The molecule has 1 unspecified atom stereocenters. The van der Waals surface area contributed by atoms with Crippen LogP contribution in [0.2, 0.25) is 0 Å². The predicted molar refractivity (Wildman–Crippen MR) is 84.7 cm³/mol. The Kier molecular flexibility index (Phi) is 5.17.